The van der Waals surface area contributed by atoms with E-state index in [-0.39, 0.29) is 11.4 Å². The molecule has 4 rings (SSSR count). The van der Waals surface area contributed by atoms with E-state index in [9.17, 15) is 24.8 Å². The summed E-state index contributed by atoms with van der Waals surface area (Å²) in [5, 5.41) is 24.9. The first-order valence-corrected chi connectivity index (χ1v) is 12.1. The third-order valence-electron chi connectivity index (χ3n) is 6.19. The number of amides is 2. The molecule has 1 fully saturated rings. The van der Waals surface area contributed by atoms with E-state index < -0.39 is 22.3 Å². The number of carbonyl (C=O) groups is 2. The Labute approximate surface area is 216 Å². The van der Waals surface area contributed by atoms with Gasteiger partial charge in [-0.25, -0.2) is 0 Å². The van der Waals surface area contributed by atoms with E-state index in [1.165, 1.54) is 30.3 Å². The van der Waals surface area contributed by atoms with Crippen LogP contribution in [0.3, 0.4) is 0 Å². The molecular weight excluding hydrogens is 526 g/mol. The van der Waals surface area contributed by atoms with E-state index in [4.69, 9.17) is 0 Å². The molecule has 0 bridgehead atoms. The Morgan fingerprint density at radius 2 is 1.58 bits per heavy atom. The number of benzene rings is 3. The van der Waals surface area contributed by atoms with Crippen molar-refractivity contribution in [2.45, 2.75) is 18.4 Å². The third kappa shape index (κ3) is 5.87. The van der Waals surface area contributed by atoms with Crippen LogP contribution in [0, 0.1) is 10.1 Å². The summed E-state index contributed by atoms with van der Waals surface area (Å²) in [5.74, 6) is -0.837. The maximum atomic E-state index is 13.5. The largest absolute Gasteiger partial charge is 0.385 e. The van der Waals surface area contributed by atoms with Crippen LogP contribution in [-0.4, -0.2) is 39.8 Å². The molecule has 1 aliphatic heterocycles. The van der Waals surface area contributed by atoms with Gasteiger partial charge in [0, 0.05) is 35.3 Å². The first kappa shape index (κ1) is 25.3. The maximum Gasteiger partial charge on any atom is 0.270 e. The standard InChI is InChI=1S/C27H24BrN3O5/c28-22-10-8-21(9-11-22)27(34)14-16-30(17-15-27)26(33)24(29-25(32)20-4-2-1-3-5-20)18-19-6-12-23(13-7-19)31(35)36/h1-13,18,34H,14-17H2,(H,29,32). The highest BCUT2D eigenvalue weighted by Crippen LogP contribution is 2.34. The maximum absolute atomic E-state index is 13.5. The van der Waals surface area contributed by atoms with Crippen molar-refractivity contribution < 1.29 is 19.6 Å². The summed E-state index contributed by atoms with van der Waals surface area (Å²) in [4.78, 5) is 38.4. The molecular formula is C27H24BrN3O5. The number of hydrogen-bond donors (Lipinski definition) is 2. The lowest BCUT2D eigenvalue weighted by Gasteiger charge is -2.38. The van der Waals surface area contributed by atoms with Crippen LogP contribution in [0.1, 0.15) is 34.3 Å². The fourth-order valence-corrected chi connectivity index (χ4v) is 4.36. The number of carbonyl (C=O) groups excluding carboxylic acids is 2. The van der Waals surface area contributed by atoms with Crippen LogP contribution in [0.5, 0.6) is 0 Å². The molecule has 0 spiro atoms. The molecule has 1 saturated heterocycles. The highest BCUT2D eigenvalue weighted by atomic mass is 79.9. The Bertz CT molecular complexity index is 1280. The number of piperidine rings is 1. The van der Waals surface area contributed by atoms with Crippen LogP contribution in [0.2, 0.25) is 0 Å². The van der Waals surface area contributed by atoms with Crippen molar-refractivity contribution in [3.63, 3.8) is 0 Å². The molecule has 0 aliphatic carbocycles. The molecule has 8 nitrogen and oxygen atoms in total. The summed E-state index contributed by atoms with van der Waals surface area (Å²) < 4.78 is 0.914. The Hall–Kier alpha value is -3.82. The molecule has 9 heteroatoms. The van der Waals surface area contributed by atoms with Gasteiger partial charge in [-0.2, -0.15) is 0 Å². The zero-order valence-corrected chi connectivity index (χ0v) is 20.8. The summed E-state index contributed by atoms with van der Waals surface area (Å²) in [7, 11) is 0. The number of nitrogens with one attached hydrogen (secondary N) is 1. The van der Waals surface area contributed by atoms with Gasteiger partial charge in [-0.05, 0) is 66.4 Å². The number of nitrogens with zero attached hydrogens (tertiary/aromatic N) is 2. The zero-order valence-electron chi connectivity index (χ0n) is 19.3. The minimum absolute atomic E-state index is 0.0480. The van der Waals surface area contributed by atoms with Crippen molar-refractivity contribution in [3.05, 3.63) is 116 Å². The molecule has 1 heterocycles. The predicted octanol–water partition coefficient (Wildman–Crippen LogP) is 4.64. The van der Waals surface area contributed by atoms with Crippen LogP contribution in [0.25, 0.3) is 6.08 Å². The molecule has 0 aromatic heterocycles. The lowest BCUT2D eigenvalue weighted by Crippen LogP contribution is -2.47. The van der Waals surface area contributed by atoms with Crippen LogP contribution >= 0.6 is 15.9 Å². The van der Waals surface area contributed by atoms with Crippen molar-refractivity contribution in [2.75, 3.05) is 13.1 Å². The molecule has 3 aromatic rings. The first-order valence-electron chi connectivity index (χ1n) is 11.4. The molecule has 0 saturated carbocycles. The van der Waals surface area contributed by atoms with Gasteiger partial charge in [-0.3, -0.25) is 19.7 Å². The molecule has 0 radical (unpaired) electrons. The van der Waals surface area contributed by atoms with Crippen molar-refractivity contribution in [1.29, 1.82) is 0 Å². The Balaban J connectivity index is 1.55. The van der Waals surface area contributed by atoms with Gasteiger partial charge in [0.05, 0.1) is 10.5 Å². The van der Waals surface area contributed by atoms with E-state index in [2.05, 4.69) is 21.2 Å². The quantitative estimate of drug-likeness (QED) is 0.264. The van der Waals surface area contributed by atoms with Gasteiger partial charge in [0.2, 0.25) is 0 Å². The average molecular weight is 550 g/mol. The van der Waals surface area contributed by atoms with Gasteiger partial charge < -0.3 is 15.3 Å². The number of nitro benzene ring substituents is 1. The topological polar surface area (TPSA) is 113 Å². The van der Waals surface area contributed by atoms with Gasteiger partial charge in [-0.15, -0.1) is 0 Å². The molecule has 3 aromatic carbocycles. The van der Waals surface area contributed by atoms with Gasteiger partial charge in [0.15, 0.2) is 0 Å². The van der Waals surface area contributed by atoms with Gasteiger partial charge in [-0.1, -0.05) is 46.3 Å². The van der Waals surface area contributed by atoms with E-state index in [1.54, 1.807) is 35.2 Å². The number of halogens is 1. The zero-order chi connectivity index (χ0) is 25.7. The van der Waals surface area contributed by atoms with Crippen molar-refractivity contribution >= 4 is 39.5 Å². The second-order valence-corrected chi connectivity index (χ2v) is 9.47. The monoisotopic (exact) mass is 549 g/mol. The fraction of sp³-hybridized carbons (Fsp3) is 0.185. The van der Waals surface area contributed by atoms with Crippen LogP contribution in [0.4, 0.5) is 5.69 Å². The van der Waals surface area contributed by atoms with Crippen molar-refractivity contribution in [2.24, 2.45) is 0 Å². The molecule has 0 unspecified atom stereocenters. The van der Waals surface area contributed by atoms with Crippen LogP contribution < -0.4 is 5.32 Å². The minimum Gasteiger partial charge on any atom is -0.385 e. The van der Waals surface area contributed by atoms with Crippen molar-refractivity contribution in [3.8, 4) is 0 Å². The van der Waals surface area contributed by atoms with Crippen molar-refractivity contribution in [1.82, 2.24) is 10.2 Å². The lowest BCUT2D eigenvalue weighted by molar-refractivity contribution is -0.384. The van der Waals surface area contributed by atoms with E-state index in [0.717, 1.165) is 10.0 Å². The second kappa shape index (κ2) is 10.8. The summed E-state index contributed by atoms with van der Waals surface area (Å²) >= 11 is 3.40. The fourth-order valence-electron chi connectivity index (χ4n) is 4.09. The molecule has 2 amide bonds. The van der Waals surface area contributed by atoms with Crippen LogP contribution in [-0.2, 0) is 10.4 Å². The second-order valence-electron chi connectivity index (χ2n) is 8.56. The van der Waals surface area contributed by atoms with Gasteiger partial charge in [0.25, 0.3) is 17.5 Å². The Morgan fingerprint density at radius 1 is 0.972 bits per heavy atom. The number of hydrogen-bond acceptors (Lipinski definition) is 5. The van der Waals surface area contributed by atoms with E-state index in [0.29, 0.717) is 37.1 Å². The molecule has 1 aliphatic rings. The molecule has 2 N–H and O–H groups in total. The van der Waals surface area contributed by atoms with Crippen LogP contribution in [0.15, 0.2) is 89.0 Å². The number of aliphatic hydroxyl groups is 1. The molecule has 184 valence electrons. The van der Waals surface area contributed by atoms with Gasteiger partial charge >= 0.3 is 0 Å². The molecule has 0 atom stereocenters. The predicted molar refractivity (Wildman–Crippen MR) is 139 cm³/mol. The highest BCUT2D eigenvalue weighted by molar-refractivity contribution is 9.10. The normalized spacial score (nSPS) is 15.3. The highest BCUT2D eigenvalue weighted by Gasteiger charge is 2.36. The summed E-state index contributed by atoms with van der Waals surface area (Å²) in [6.07, 6.45) is 2.19. The SMILES string of the molecule is O=C(NC(=Cc1ccc([N+](=O)[O-])cc1)C(=O)N1CCC(O)(c2ccc(Br)cc2)CC1)c1ccccc1. The lowest BCUT2D eigenvalue weighted by atomic mass is 9.84. The number of likely N-dealkylation sites (tertiary alicyclic amines) is 1. The summed E-state index contributed by atoms with van der Waals surface area (Å²) in [6.45, 7) is 0.592. The van der Waals surface area contributed by atoms with Gasteiger partial charge in [0.1, 0.15) is 5.70 Å². The average Bonchev–Trinajstić information content (AvgIpc) is 2.89. The number of non-ortho nitro benzene ring substituents is 1. The van der Waals surface area contributed by atoms with E-state index >= 15 is 0 Å². The number of nitro groups is 1. The smallest absolute Gasteiger partial charge is 0.270 e. The first-order chi connectivity index (χ1) is 17.2. The number of rotatable bonds is 6. The third-order valence-corrected chi connectivity index (χ3v) is 6.72. The summed E-state index contributed by atoms with van der Waals surface area (Å²) in [5.41, 5.74) is 0.636. The Morgan fingerprint density at radius 3 is 2.17 bits per heavy atom. The summed E-state index contributed by atoms with van der Waals surface area (Å²) in [6, 6.07) is 21.7. The van der Waals surface area contributed by atoms with E-state index in [1.807, 2.05) is 24.3 Å². The minimum atomic E-state index is -1.05. The Kier molecular flexibility index (Phi) is 7.61. The molecule has 36 heavy (non-hydrogen) atoms.